The molecule has 4 nitrogen and oxygen atoms in total. The number of methoxy groups -OCH3 is 1. The highest BCUT2D eigenvalue weighted by Gasteiger charge is 2.20. The highest BCUT2D eigenvalue weighted by Crippen LogP contribution is 2.32. The molecule has 0 aliphatic carbocycles. The first kappa shape index (κ1) is 12.5. The van der Waals surface area contributed by atoms with E-state index >= 15 is 0 Å². The third-order valence-corrected chi connectivity index (χ3v) is 2.65. The average molecular weight is 247 g/mol. The minimum atomic E-state index is -0.417. The van der Waals surface area contributed by atoms with Crippen LogP contribution in [0.3, 0.4) is 0 Å². The van der Waals surface area contributed by atoms with Crippen LogP contribution in [0.1, 0.15) is 29.9 Å². The summed E-state index contributed by atoms with van der Waals surface area (Å²) in [7, 11) is 1.36. The average Bonchev–Trinajstić information content (AvgIpc) is 2.66. The second-order valence-corrected chi connectivity index (χ2v) is 4.54. The molecule has 2 aromatic rings. The molecule has 0 fully saturated rings. The zero-order valence-corrected chi connectivity index (χ0v) is 11.0. The molecule has 0 atom stereocenters. The number of aromatic nitrogens is 1. The summed E-state index contributed by atoms with van der Waals surface area (Å²) in [5.41, 5.74) is 2.36. The molecule has 0 saturated carbocycles. The SMILES string of the molecule is COC(=O)c1[nH]c2ccc(C)cc2c1OC(C)C. The van der Waals surface area contributed by atoms with Gasteiger partial charge in [0, 0.05) is 10.9 Å². The molecule has 4 heteroatoms. The summed E-state index contributed by atoms with van der Waals surface area (Å²) in [5, 5.41) is 0.907. The van der Waals surface area contributed by atoms with Crippen LogP contribution in [0, 0.1) is 6.92 Å². The number of hydrogen-bond acceptors (Lipinski definition) is 3. The molecule has 0 amide bonds. The van der Waals surface area contributed by atoms with E-state index in [1.165, 1.54) is 7.11 Å². The van der Waals surface area contributed by atoms with Crippen LogP contribution in [0.2, 0.25) is 0 Å². The maximum atomic E-state index is 11.7. The van der Waals surface area contributed by atoms with E-state index in [0.29, 0.717) is 11.4 Å². The predicted octanol–water partition coefficient (Wildman–Crippen LogP) is 3.05. The summed E-state index contributed by atoms with van der Waals surface area (Å²) in [6, 6.07) is 5.92. The van der Waals surface area contributed by atoms with Gasteiger partial charge < -0.3 is 14.5 Å². The Hall–Kier alpha value is -1.97. The van der Waals surface area contributed by atoms with Gasteiger partial charge in [0.1, 0.15) is 0 Å². The molecule has 0 saturated heterocycles. The Morgan fingerprint density at radius 2 is 2.06 bits per heavy atom. The van der Waals surface area contributed by atoms with E-state index in [2.05, 4.69) is 4.98 Å². The van der Waals surface area contributed by atoms with Gasteiger partial charge in [-0.25, -0.2) is 4.79 Å². The number of rotatable bonds is 3. The summed E-state index contributed by atoms with van der Waals surface area (Å²) in [5.74, 6) is 0.148. The highest BCUT2D eigenvalue weighted by molar-refractivity contribution is 6.01. The first-order valence-electron chi connectivity index (χ1n) is 5.90. The summed E-state index contributed by atoms with van der Waals surface area (Å²) >= 11 is 0. The largest absolute Gasteiger partial charge is 0.488 e. The van der Waals surface area contributed by atoms with Crippen LogP contribution >= 0.6 is 0 Å². The molecule has 0 aliphatic heterocycles. The van der Waals surface area contributed by atoms with E-state index in [9.17, 15) is 4.79 Å². The Morgan fingerprint density at radius 1 is 1.33 bits per heavy atom. The fourth-order valence-electron chi connectivity index (χ4n) is 1.88. The summed E-state index contributed by atoms with van der Waals surface area (Å²) in [4.78, 5) is 14.8. The van der Waals surface area contributed by atoms with Crippen LogP contribution in [0.25, 0.3) is 10.9 Å². The number of esters is 1. The third kappa shape index (κ3) is 2.18. The number of carbonyl (C=O) groups is 1. The lowest BCUT2D eigenvalue weighted by molar-refractivity contribution is 0.0589. The number of ether oxygens (including phenoxy) is 2. The van der Waals surface area contributed by atoms with Gasteiger partial charge in [-0.2, -0.15) is 0 Å². The van der Waals surface area contributed by atoms with E-state index in [1.807, 2.05) is 39.0 Å². The lowest BCUT2D eigenvalue weighted by Gasteiger charge is -2.10. The first-order valence-corrected chi connectivity index (χ1v) is 5.90. The van der Waals surface area contributed by atoms with Gasteiger partial charge in [-0.15, -0.1) is 0 Å². The van der Waals surface area contributed by atoms with Crippen molar-refractivity contribution < 1.29 is 14.3 Å². The molecule has 1 aromatic carbocycles. The van der Waals surface area contributed by atoms with Crippen molar-refractivity contribution in [2.24, 2.45) is 0 Å². The number of carbonyl (C=O) groups excluding carboxylic acids is 1. The molecule has 18 heavy (non-hydrogen) atoms. The smallest absolute Gasteiger partial charge is 0.358 e. The lowest BCUT2D eigenvalue weighted by atomic mass is 10.1. The van der Waals surface area contributed by atoms with Gasteiger partial charge in [-0.1, -0.05) is 11.6 Å². The zero-order chi connectivity index (χ0) is 13.3. The molecule has 1 N–H and O–H groups in total. The van der Waals surface area contributed by atoms with Crippen molar-refractivity contribution in [3.63, 3.8) is 0 Å². The van der Waals surface area contributed by atoms with Crippen molar-refractivity contribution in [2.75, 3.05) is 7.11 Å². The molecular formula is C14H17NO3. The van der Waals surface area contributed by atoms with Crippen LogP contribution in [-0.4, -0.2) is 24.2 Å². The molecule has 1 aromatic heterocycles. The number of aromatic amines is 1. The topological polar surface area (TPSA) is 51.3 Å². The summed E-state index contributed by atoms with van der Waals surface area (Å²) < 4.78 is 10.5. The van der Waals surface area contributed by atoms with Gasteiger partial charge in [0.2, 0.25) is 0 Å². The summed E-state index contributed by atoms with van der Waals surface area (Å²) in [6.07, 6.45) is -0.00656. The molecule has 0 radical (unpaired) electrons. The minimum Gasteiger partial charge on any atom is -0.488 e. The van der Waals surface area contributed by atoms with Crippen LogP contribution < -0.4 is 4.74 Å². The summed E-state index contributed by atoms with van der Waals surface area (Å²) in [6.45, 7) is 5.86. The molecule has 0 aliphatic rings. The standard InChI is InChI=1S/C14H17NO3/c1-8(2)18-13-10-7-9(3)5-6-11(10)15-12(13)14(16)17-4/h5-8,15H,1-4H3. The molecule has 0 spiro atoms. The Labute approximate surface area is 106 Å². The molecular weight excluding hydrogens is 230 g/mol. The molecule has 2 rings (SSSR count). The normalized spacial score (nSPS) is 10.9. The Balaban J connectivity index is 2.65. The van der Waals surface area contributed by atoms with Crippen LogP contribution in [0.5, 0.6) is 5.75 Å². The second-order valence-electron chi connectivity index (χ2n) is 4.54. The Kier molecular flexibility index (Phi) is 3.28. The van der Waals surface area contributed by atoms with Crippen LogP contribution in [0.15, 0.2) is 18.2 Å². The fourth-order valence-corrected chi connectivity index (χ4v) is 1.88. The number of benzene rings is 1. The van der Waals surface area contributed by atoms with E-state index in [-0.39, 0.29) is 6.10 Å². The maximum Gasteiger partial charge on any atom is 0.358 e. The van der Waals surface area contributed by atoms with Gasteiger partial charge >= 0.3 is 5.97 Å². The number of aryl methyl sites for hydroxylation is 1. The van der Waals surface area contributed by atoms with E-state index < -0.39 is 5.97 Å². The van der Waals surface area contributed by atoms with Crippen molar-refractivity contribution in [3.8, 4) is 5.75 Å². The van der Waals surface area contributed by atoms with Crippen molar-refractivity contribution >= 4 is 16.9 Å². The van der Waals surface area contributed by atoms with Crippen molar-refractivity contribution in [2.45, 2.75) is 26.9 Å². The van der Waals surface area contributed by atoms with Gasteiger partial charge in [0.25, 0.3) is 0 Å². The van der Waals surface area contributed by atoms with E-state index in [4.69, 9.17) is 9.47 Å². The highest BCUT2D eigenvalue weighted by atomic mass is 16.5. The van der Waals surface area contributed by atoms with E-state index in [1.54, 1.807) is 0 Å². The van der Waals surface area contributed by atoms with Gasteiger partial charge in [0.15, 0.2) is 11.4 Å². The lowest BCUT2D eigenvalue weighted by Crippen LogP contribution is -2.10. The number of H-pyrrole nitrogens is 1. The first-order chi connectivity index (χ1) is 8.52. The molecule has 1 heterocycles. The quantitative estimate of drug-likeness (QED) is 0.848. The number of nitrogens with one attached hydrogen (secondary N) is 1. The Bertz CT molecular complexity index is 584. The third-order valence-electron chi connectivity index (χ3n) is 2.65. The minimum absolute atomic E-state index is 0.00656. The number of hydrogen-bond donors (Lipinski definition) is 1. The van der Waals surface area contributed by atoms with Crippen molar-refractivity contribution in [1.29, 1.82) is 0 Å². The number of fused-ring (bicyclic) bond motifs is 1. The van der Waals surface area contributed by atoms with Gasteiger partial charge in [0.05, 0.1) is 13.2 Å². The van der Waals surface area contributed by atoms with Crippen LogP contribution in [-0.2, 0) is 4.74 Å². The van der Waals surface area contributed by atoms with Gasteiger partial charge in [-0.05, 0) is 32.9 Å². The van der Waals surface area contributed by atoms with Crippen LogP contribution in [0.4, 0.5) is 0 Å². The predicted molar refractivity (Wildman–Crippen MR) is 70.1 cm³/mol. The fraction of sp³-hybridized carbons (Fsp3) is 0.357. The van der Waals surface area contributed by atoms with E-state index in [0.717, 1.165) is 16.5 Å². The van der Waals surface area contributed by atoms with Crippen molar-refractivity contribution in [3.05, 3.63) is 29.5 Å². The molecule has 0 bridgehead atoms. The molecule has 96 valence electrons. The van der Waals surface area contributed by atoms with Crippen molar-refractivity contribution in [1.82, 2.24) is 4.98 Å². The molecule has 0 unspecified atom stereocenters. The Morgan fingerprint density at radius 3 is 2.67 bits per heavy atom. The zero-order valence-electron chi connectivity index (χ0n) is 11.0. The second kappa shape index (κ2) is 4.72. The van der Waals surface area contributed by atoms with Gasteiger partial charge in [-0.3, -0.25) is 0 Å². The maximum absolute atomic E-state index is 11.7. The monoisotopic (exact) mass is 247 g/mol.